The molecular weight excluding hydrogens is 443 g/mol. The number of benzene rings is 1. The Kier molecular flexibility index (Phi) is 5.50. The van der Waals surface area contributed by atoms with Crippen molar-refractivity contribution in [1.29, 1.82) is 0 Å². The van der Waals surface area contributed by atoms with Crippen LogP contribution in [0.25, 0.3) is 44.8 Å². The van der Waals surface area contributed by atoms with E-state index in [2.05, 4.69) is 32.1 Å². The van der Waals surface area contributed by atoms with Gasteiger partial charge in [0.15, 0.2) is 5.65 Å². The van der Waals surface area contributed by atoms with Gasteiger partial charge in [-0.3, -0.25) is 4.98 Å². The highest BCUT2D eigenvalue weighted by molar-refractivity contribution is 5.95. The van der Waals surface area contributed by atoms with Crippen molar-refractivity contribution in [2.75, 3.05) is 20.1 Å². The Hall–Kier alpha value is -4.04. The van der Waals surface area contributed by atoms with Gasteiger partial charge in [-0.15, -0.1) is 0 Å². The molecule has 0 radical (unpaired) electrons. The number of likely N-dealkylation sites (tertiary alicyclic amines) is 1. The molecule has 7 nitrogen and oxygen atoms in total. The van der Waals surface area contributed by atoms with Gasteiger partial charge in [-0.2, -0.15) is 4.98 Å². The summed E-state index contributed by atoms with van der Waals surface area (Å²) in [6.07, 6.45) is 7.19. The first-order valence-corrected chi connectivity index (χ1v) is 11.6. The predicted molar refractivity (Wildman–Crippen MR) is 131 cm³/mol. The highest BCUT2D eigenvalue weighted by Crippen LogP contribution is 2.34. The van der Waals surface area contributed by atoms with E-state index in [0.29, 0.717) is 28.6 Å². The van der Waals surface area contributed by atoms with Crippen molar-refractivity contribution in [2.24, 2.45) is 0 Å². The number of nitrogens with zero attached hydrogens (tertiary/aromatic N) is 6. The lowest BCUT2D eigenvalue weighted by atomic mass is 9.97. The van der Waals surface area contributed by atoms with Crippen molar-refractivity contribution in [2.45, 2.75) is 18.8 Å². The van der Waals surface area contributed by atoms with Gasteiger partial charge in [0.25, 0.3) is 0 Å². The summed E-state index contributed by atoms with van der Waals surface area (Å²) in [5, 5.41) is 5.09. The molecule has 1 aliphatic heterocycles. The summed E-state index contributed by atoms with van der Waals surface area (Å²) in [6, 6.07) is 14.3. The first-order chi connectivity index (χ1) is 17.2. The highest BCUT2D eigenvalue weighted by Gasteiger charge is 2.24. The topological polar surface area (TPSA) is 80.8 Å². The molecule has 0 saturated carbocycles. The first kappa shape index (κ1) is 21.5. The molecule has 1 saturated heterocycles. The lowest BCUT2D eigenvalue weighted by molar-refractivity contribution is 0.227. The van der Waals surface area contributed by atoms with Crippen LogP contribution in [0.5, 0.6) is 0 Å². The average molecular weight is 467 g/mol. The molecule has 1 aliphatic rings. The second-order valence-electron chi connectivity index (χ2n) is 8.91. The summed E-state index contributed by atoms with van der Waals surface area (Å²) in [4.78, 5) is 20.5. The van der Waals surface area contributed by atoms with E-state index in [1.807, 2.05) is 24.3 Å². The molecule has 4 aromatic heterocycles. The number of rotatable bonds is 4. The van der Waals surface area contributed by atoms with E-state index in [1.165, 1.54) is 6.07 Å². The van der Waals surface area contributed by atoms with Crippen LogP contribution >= 0.6 is 0 Å². The Morgan fingerprint density at radius 2 is 1.77 bits per heavy atom. The Labute approximate surface area is 201 Å². The minimum absolute atomic E-state index is 0.280. The molecule has 6 rings (SSSR count). The van der Waals surface area contributed by atoms with Gasteiger partial charge < -0.3 is 9.42 Å². The zero-order valence-electron chi connectivity index (χ0n) is 19.2. The molecule has 0 bridgehead atoms. The highest BCUT2D eigenvalue weighted by atomic mass is 19.1. The normalized spacial score (nSPS) is 15.0. The Morgan fingerprint density at radius 3 is 2.63 bits per heavy atom. The summed E-state index contributed by atoms with van der Waals surface area (Å²) >= 11 is 0. The smallest absolute Gasteiger partial charge is 0.230 e. The van der Waals surface area contributed by atoms with Crippen LogP contribution in [0.1, 0.15) is 24.7 Å². The summed E-state index contributed by atoms with van der Waals surface area (Å²) in [7, 11) is 2.13. The quantitative estimate of drug-likeness (QED) is 0.353. The van der Waals surface area contributed by atoms with Crippen LogP contribution in [0.15, 0.2) is 71.6 Å². The summed E-state index contributed by atoms with van der Waals surface area (Å²) in [6.45, 7) is 2.04. The van der Waals surface area contributed by atoms with Gasteiger partial charge in [0.2, 0.25) is 11.7 Å². The molecule has 5 aromatic rings. The first-order valence-electron chi connectivity index (χ1n) is 11.6. The number of fused-ring (bicyclic) bond motifs is 1. The SMILES string of the molecule is CN1CCC(c2nc(-c3cncc(-c4cc(-c5ccccc5F)nc5ncccc45)c3)no2)CC1. The molecule has 174 valence electrons. The third-order valence-electron chi connectivity index (χ3n) is 6.55. The van der Waals surface area contributed by atoms with Crippen molar-refractivity contribution in [1.82, 2.24) is 30.0 Å². The molecule has 0 aliphatic carbocycles. The molecule has 0 unspecified atom stereocenters. The third-order valence-corrected chi connectivity index (χ3v) is 6.55. The summed E-state index contributed by atoms with van der Waals surface area (Å²) in [5.74, 6) is 1.14. The van der Waals surface area contributed by atoms with Crippen LogP contribution in [-0.2, 0) is 0 Å². The van der Waals surface area contributed by atoms with E-state index in [1.54, 1.807) is 36.8 Å². The molecule has 1 aromatic carbocycles. The molecule has 0 spiro atoms. The van der Waals surface area contributed by atoms with Gasteiger partial charge in [0.1, 0.15) is 5.82 Å². The van der Waals surface area contributed by atoms with Gasteiger partial charge in [-0.05, 0) is 74.9 Å². The fraction of sp³-hybridized carbons (Fsp3) is 0.222. The van der Waals surface area contributed by atoms with E-state index < -0.39 is 0 Å². The molecule has 1 fully saturated rings. The largest absolute Gasteiger partial charge is 0.339 e. The zero-order chi connectivity index (χ0) is 23.8. The van der Waals surface area contributed by atoms with Gasteiger partial charge in [0, 0.05) is 46.6 Å². The predicted octanol–water partition coefficient (Wildman–Crippen LogP) is 5.36. The monoisotopic (exact) mass is 466 g/mol. The van der Waals surface area contributed by atoms with Gasteiger partial charge in [-0.25, -0.2) is 14.4 Å². The van der Waals surface area contributed by atoms with Crippen LogP contribution in [0.4, 0.5) is 4.39 Å². The van der Waals surface area contributed by atoms with Crippen LogP contribution in [0, 0.1) is 5.82 Å². The number of pyridine rings is 3. The maximum atomic E-state index is 14.6. The minimum Gasteiger partial charge on any atom is -0.339 e. The number of halogens is 1. The van der Waals surface area contributed by atoms with E-state index in [0.717, 1.165) is 48.0 Å². The number of piperidine rings is 1. The van der Waals surface area contributed by atoms with Crippen molar-refractivity contribution < 1.29 is 8.91 Å². The van der Waals surface area contributed by atoms with Crippen LogP contribution in [0.2, 0.25) is 0 Å². The van der Waals surface area contributed by atoms with Crippen molar-refractivity contribution >= 4 is 11.0 Å². The lowest BCUT2D eigenvalue weighted by Crippen LogP contribution is -2.29. The van der Waals surface area contributed by atoms with Crippen LogP contribution < -0.4 is 0 Å². The van der Waals surface area contributed by atoms with Gasteiger partial charge in [0.05, 0.1) is 5.69 Å². The third kappa shape index (κ3) is 4.17. The number of aromatic nitrogens is 5. The summed E-state index contributed by atoms with van der Waals surface area (Å²) in [5.41, 5.74) is 3.93. The summed E-state index contributed by atoms with van der Waals surface area (Å²) < 4.78 is 20.2. The maximum Gasteiger partial charge on any atom is 0.230 e. The number of hydrogen-bond acceptors (Lipinski definition) is 7. The fourth-order valence-corrected chi connectivity index (χ4v) is 4.59. The minimum atomic E-state index is -0.332. The molecule has 35 heavy (non-hydrogen) atoms. The molecule has 0 atom stereocenters. The molecule has 0 amide bonds. The van der Waals surface area contributed by atoms with E-state index >= 15 is 0 Å². The van der Waals surface area contributed by atoms with Gasteiger partial charge in [-0.1, -0.05) is 17.3 Å². The van der Waals surface area contributed by atoms with Gasteiger partial charge >= 0.3 is 0 Å². The van der Waals surface area contributed by atoms with Crippen molar-refractivity contribution in [3.63, 3.8) is 0 Å². The Morgan fingerprint density at radius 1 is 0.943 bits per heavy atom. The van der Waals surface area contributed by atoms with Crippen molar-refractivity contribution in [3.8, 4) is 33.8 Å². The van der Waals surface area contributed by atoms with E-state index in [4.69, 9.17) is 9.51 Å². The van der Waals surface area contributed by atoms with Crippen LogP contribution in [0.3, 0.4) is 0 Å². The molecule has 5 heterocycles. The van der Waals surface area contributed by atoms with E-state index in [-0.39, 0.29) is 11.7 Å². The number of hydrogen-bond donors (Lipinski definition) is 0. The second kappa shape index (κ2) is 8.96. The average Bonchev–Trinajstić information content (AvgIpc) is 3.39. The molecule has 0 N–H and O–H groups in total. The Balaban J connectivity index is 1.41. The zero-order valence-corrected chi connectivity index (χ0v) is 19.2. The standard InChI is InChI=1S/C27H23FN6O/c1-34-11-8-17(9-12-34)27-32-25(33-35-27)19-13-18(15-29-16-19)22-14-24(21-5-2-3-7-23(21)28)31-26-20(22)6-4-10-30-26/h2-7,10,13-17H,8-9,11-12H2,1H3. The van der Waals surface area contributed by atoms with Crippen LogP contribution in [-0.4, -0.2) is 50.1 Å². The van der Waals surface area contributed by atoms with E-state index in [9.17, 15) is 4.39 Å². The van der Waals surface area contributed by atoms with Crippen molar-refractivity contribution in [3.05, 3.63) is 78.8 Å². The fourth-order valence-electron chi connectivity index (χ4n) is 4.59. The lowest BCUT2D eigenvalue weighted by Gasteiger charge is -2.26. The molecule has 8 heteroatoms. The maximum absolute atomic E-state index is 14.6. The Bertz CT molecular complexity index is 1510. The second-order valence-corrected chi connectivity index (χ2v) is 8.91. The molecular formula is C27H23FN6O.